The summed E-state index contributed by atoms with van der Waals surface area (Å²) in [6.45, 7) is 1.13. The van der Waals surface area contributed by atoms with Crippen molar-refractivity contribution < 1.29 is 0 Å². The van der Waals surface area contributed by atoms with Gasteiger partial charge < -0.3 is 9.80 Å². The number of anilines is 3. The molecular formula is C16H18N2. The number of benzene rings is 2. The van der Waals surface area contributed by atoms with Crippen LogP contribution in [-0.2, 0) is 6.42 Å². The number of nitrogens with zero attached hydrogens (tertiary/aromatic N) is 2. The highest BCUT2D eigenvalue weighted by Crippen LogP contribution is 2.32. The molecule has 0 bridgehead atoms. The first-order chi connectivity index (χ1) is 8.75. The van der Waals surface area contributed by atoms with E-state index in [4.69, 9.17) is 0 Å². The number of hydrogen-bond donors (Lipinski definition) is 0. The number of para-hydroxylation sites is 1. The summed E-state index contributed by atoms with van der Waals surface area (Å²) in [5, 5.41) is 0. The Labute approximate surface area is 108 Å². The second-order valence-electron chi connectivity index (χ2n) is 4.88. The van der Waals surface area contributed by atoms with Crippen molar-refractivity contribution >= 4 is 17.1 Å². The summed E-state index contributed by atoms with van der Waals surface area (Å²) in [5.74, 6) is 0. The SMILES string of the molecule is CN1CCc2cc(N(C)c3ccccc3)ccc21. The molecule has 2 aromatic rings. The van der Waals surface area contributed by atoms with Crippen LogP contribution in [0.3, 0.4) is 0 Å². The minimum absolute atomic E-state index is 1.13. The van der Waals surface area contributed by atoms with Crippen molar-refractivity contribution in [2.45, 2.75) is 6.42 Å². The third kappa shape index (κ3) is 1.84. The van der Waals surface area contributed by atoms with Gasteiger partial charge in [-0.05, 0) is 42.3 Å². The molecule has 2 aromatic carbocycles. The third-order valence-electron chi connectivity index (χ3n) is 3.72. The molecule has 0 unspecified atom stereocenters. The average molecular weight is 238 g/mol. The topological polar surface area (TPSA) is 6.48 Å². The summed E-state index contributed by atoms with van der Waals surface area (Å²) >= 11 is 0. The monoisotopic (exact) mass is 238 g/mol. The van der Waals surface area contributed by atoms with Gasteiger partial charge in [-0.25, -0.2) is 0 Å². The van der Waals surface area contributed by atoms with Gasteiger partial charge in [-0.1, -0.05) is 18.2 Å². The van der Waals surface area contributed by atoms with Crippen LogP contribution in [0.1, 0.15) is 5.56 Å². The molecule has 2 nitrogen and oxygen atoms in total. The fourth-order valence-electron chi connectivity index (χ4n) is 2.56. The molecule has 1 aliphatic heterocycles. The van der Waals surface area contributed by atoms with E-state index in [1.165, 1.54) is 22.6 Å². The van der Waals surface area contributed by atoms with E-state index in [-0.39, 0.29) is 0 Å². The standard InChI is InChI=1S/C16H18N2/c1-17-11-10-13-12-15(8-9-16(13)17)18(2)14-6-4-3-5-7-14/h3-9,12H,10-11H2,1-2H3. The molecule has 2 heteroatoms. The smallest absolute Gasteiger partial charge is 0.0412 e. The molecule has 0 spiro atoms. The first kappa shape index (κ1) is 11.1. The summed E-state index contributed by atoms with van der Waals surface area (Å²) in [6.07, 6.45) is 1.16. The quantitative estimate of drug-likeness (QED) is 0.790. The Kier molecular flexibility index (Phi) is 2.71. The Hall–Kier alpha value is -1.96. The van der Waals surface area contributed by atoms with Crippen LogP contribution in [0, 0.1) is 0 Å². The van der Waals surface area contributed by atoms with Crippen LogP contribution in [0.2, 0.25) is 0 Å². The minimum atomic E-state index is 1.13. The van der Waals surface area contributed by atoms with Gasteiger partial charge in [0, 0.05) is 37.7 Å². The predicted octanol–water partition coefficient (Wildman–Crippen LogP) is 3.45. The molecule has 1 heterocycles. The molecule has 0 amide bonds. The summed E-state index contributed by atoms with van der Waals surface area (Å²) in [4.78, 5) is 4.56. The van der Waals surface area contributed by atoms with E-state index in [0.717, 1.165) is 13.0 Å². The van der Waals surface area contributed by atoms with Crippen molar-refractivity contribution in [2.75, 3.05) is 30.4 Å². The summed E-state index contributed by atoms with van der Waals surface area (Å²) in [6, 6.07) is 17.2. The van der Waals surface area contributed by atoms with E-state index in [2.05, 4.69) is 72.4 Å². The molecule has 0 aromatic heterocycles. The lowest BCUT2D eigenvalue weighted by Crippen LogP contribution is -2.12. The average Bonchev–Trinajstić information content (AvgIpc) is 2.80. The molecule has 1 aliphatic rings. The second-order valence-corrected chi connectivity index (χ2v) is 4.88. The predicted molar refractivity (Wildman–Crippen MR) is 77.9 cm³/mol. The zero-order valence-corrected chi connectivity index (χ0v) is 10.9. The van der Waals surface area contributed by atoms with Gasteiger partial charge in [-0.3, -0.25) is 0 Å². The summed E-state index contributed by atoms with van der Waals surface area (Å²) in [7, 11) is 4.28. The van der Waals surface area contributed by atoms with Crippen molar-refractivity contribution in [1.82, 2.24) is 0 Å². The van der Waals surface area contributed by atoms with E-state index in [9.17, 15) is 0 Å². The molecule has 0 atom stereocenters. The lowest BCUT2D eigenvalue weighted by Gasteiger charge is -2.21. The van der Waals surface area contributed by atoms with E-state index in [0.29, 0.717) is 0 Å². The van der Waals surface area contributed by atoms with Crippen LogP contribution in [0.25, 0.3) is 0 Å². The largest absolute Gasteiger partial charge is 0.374 e. The van der Waals surface area contributed by atoms with Crippen LogP contribution in [0.4, 0.5) is 17.1 Å². The normalized spacial score (nSPS) is 13.6. The lowest BCUT2D eigenvalue weighted by atomic mass is 10.1. The Morgan fingerprint density at radius 2 is 1.78 bits per heavy atom. The molecule has 0 fully saturated rings. The highest BCUT2D eigenvalue weighted by molar-refractivity contribution is 5.69. The fraction of sp³-hybridized carbons (Fsp3) is 0.250. The first-order valence-corrected chi connectivity index (χ1v) is 6.38. The van der Waals surface area contributed by atoms with Crippen molar-refractivity contribution in [3.63, 3.8) is 0 Å². The third-order valence-corrected chi connectivity index (χ3v) is 3.72. The number of fused-ring (bicyclic) bond motifs is 1. The van der Waals surface area contributed by atoms with E-state index < -0.39 is 0 Å². The van der Waals surface area contributed by atoms with Crippen LogP contribution >= 0.6 is 0 Å². The Morgan fingerprint density at radius 3 is 2.56 bits per heavy atom. The van der Waals surface area contributed by atoms with Gasteiger partial charge in [0.05, 0.1) is 0 Å². The molecule has 0 radical (unpaired) electrons. The van der Waals surface area contributed by atoms with Gasteiger partial charge in [0.2, 0.25) is 0 Å². The molecule has 0 N–H and O–H groups in total. The van der Waals surface area contributed by atoms with Crippen molar-refractivity contribution in [2.24, 2.45) is 0 Å². The number of hydrogen-bond acceptors (Lipinski definition) is 2. The maximum Gasteiger partial charge on any atom is 0.0412 e. The number of likely N-dealkylation sites (N-methyl/N-ethyl adjacent to an activating group) is 1. The van der Waals surface area contributed by atoms with Crippen LogP contribution < -0.4 is 9.80 Å². The van der Waals surface area contributed by atoms with Gasteiger partial charge in [-0.2, -0.15) is 0 Å². The molecule has 0 aliphatic carbocycles. The highest BCUT2D eigenvalue weighted by atomic mass is 15.1. The summed E-state index contributed by atoms with van der Waals surface area (Å²) < 4.78 is 0. The summed E-state index contributed by atoms with van der Waals surface area (Å²) in [5.41, 5.74) is 5.32. The maximum atomic E-state index is 2.32. The molecule has 92 valence electrons. The van der Waals surface area contributed by atoms with Crippen LogP contribution in [0.5, 0.6) is 0 Å². The van der Waals surface area contributed by atoms with E-state index >= 15 is 0 Å². The molecule has 0 saturated heterocycles. The van der Waals surface area contributed by atoms with Crippen molar-refractivity contribution in [3.05, 3.63) is 54.1 Å². The zero-order chi connectivity index (χ0) is 12.5. The van der Waals surface area contributed by atoms with Crippen LogP contribution in [0.15, 0.2) is 48.5 Å². The molecule has 3 rings (SSSR count). The fourth-order valence-corrected chi connectivity index (χ4v) is 2.56. The zero-order valence-electron chi connectivity index (χ0n) is 10.9. The number of rotatable bonds is 2. The Morgan fingerprint density at radius 1 is 1.00 bits per heavy atom. The van der Waals surface area contributed by atoms with Gasteiger partial charge in [-0.15, -0.1) is 0 Å². The van der Waals surface area contributed by atoms with Gasteiger partial charge >= 0.3 is 0 Å². The van der Waals surface area contributed by atoms with Gasteiger partial charge in [0.25, 0.3) is 0 Å². The van der Waals surface area contributed by atoms with Crippen molar-refractivity contribution in [3.8, 4) is 0 Å². The van der Waals surface area contributed by atoms with Gasteiger partial charge in [0.1, 0.15) is 0 Å². The van der Waals surface area contributed by atoms with E-state index in [1.807, 2.05) is 0 Å². The molecule has 0 saturated carbocycles. The highest BCUT2D eigenvalue weighted by Gasteiger charge is 2.16. The Balaban J connectivity index is 1.94. The van der Waals surface area contributed by atoms with Crippen molar-refractivity contribution in [1.29, 1.82) is 0 Å². The Bertz CT molecular complexity index is 548. The molecule has 18 heavy (non-hydrogen) atoms. The maximum absolute atomic E-state index is 2.32. The molecular weight excluding hydrogens is 220 g/mol. The van der Waals surface area contributed by atoms with Crippen LogP contribution in [-0.4, -0.2) is 20.6 Å². The minimum Gasteiger partial charge on any atom is -0.374 e. The lowest BCUT2D eigenvalue weighted by molar-refractivity contribution is 0.956. The second kappa shape index (κ2) is 4.37. The first-order valence-electron chi connectivity index (χ1n) is 6.38. The van der Waals surface area contributed by atoms with Gasteiger partial charge in [0.15, 0.2) is 0 Å². The van der Waals surface area contributed by atoms with E-state index in [1.54, 1.807) is 0 Å².